The summed E-state index contributed by atoms with van der Waals surface area (Å²) in [6, 6.07) is 5.34. The van der Waals surface area contributed by atoms with Crippen LogP contribution in [0.3, 0.4) is 0 Å². The lowest BCUT2D eigenvalue weighted by molar-refractivity contribution is 0.135. The Hall–Kier alpha value is -2.03. The molecule has 2 heterocycles. The number of halogens is 1. The molecular formula is C24H37FN6S. The summed E-state index contributed by atoms with van der Waals surface area (Å²) in [5.41, 5.74) is 2.90. The quantitative estimate of drug-likeness (QED) is 0.160. The molecule has 0 atom stereocenters. The highest BCUT2D eigenvalue weighted by Crippen LogP contribution is 2.28. The van der Waals surface area contributed by atoms with Crippen molar-refractivity contribution >= 4 is 29.5 Å². The molecule has 0 radical (unpaired) electrons. The molecule has 0 amide bonds. The molecule has 2 saturated heterocycles. The third kappa shape index (κ3) is 7.53. The Morgan fingerprint density at radius 1 is 1.19 bits per heavy atom. The first-order chi connectivity index (χ1) is 15.6. The predicted octanol–water partition coefficient (Wildman–Crippen LogP) is 4.16. The second-order valence-electron chi connectivity index (χ2n) is 8.69. The molecular weight excluding hydrogens is 423 g/mol. The van der Waals surface area contributed by atoms with E-state index < -0.39 is 0 Å². The lowest BCUT2D eigenvalue weighted by atomic mass is 9.94. The van der Waals surface area contributed by atoms with Gasteiger partial charge in [0.15, 0.2) is 0 Å². The molecule has 0 aliphatic carbocycles. The number of nitrogens with one attached hydrogen (secondary N) is 2. The van der Waals surface area contributed by atoms with Gasteiger partial charge in [0, 0.05) is 38.5 Å². The number of hydrogen-bond donors (Lipinski definition) is 3. The van der Waals surface area contributed by atoms with Gasteiger partial charge in [-0.05, 0) is 68.5 Å². The van der Waals surface area contributed by atoms with E-state index in [1.807, 2.05) is 18.4 Å². The van der Waals surface area contributed by atoms with Crippen LogP contribution in [0.1, 0.15) is 25.7 Å². The molecule has 0 saturated carbocycles. The molecule has 0 bridgehead atoms. The van der Waals surface area contributed by atoms with Gasteiger partial charge in [-0.1, -0.05) is 30.7 Å². The van der Waals surface area contributed by atoms with E-state index in [-0.39, 0.29) is 5.82 Å². The topological polar surface area (TPSA) is 68.9 Å². The highest BCUT2D eigenvalue weighted by atomic mass is 32.2. The van der Waals surface area contributed by atoms with Crippen molar-refractivity contribution in [2.24, 2.45) is 16.9 Å². The van der Waals surface area contributed by atoms with E-state index >= 15 is 0 Å². The molecule has 0 aromatic heterocycles. The molecule has 0 spiro atoms. The molecule has 6 nitrogen and oxygen atoms in total. The summed E-state index contributed by atoms with van der Waals surface area (Å²) >= 11 is 1.48. The molecule has 176 valence electrons. The Labute approximate surface area is 196 Å². The van der Waals surface area contributed by atoms with Crippen molar-refractivity contribution in [1.82, 2.24) is 9.80 Å². The number of anilines is 2. The summed E-state index contributed by atoms with van der Waals surface area (Å²) in [6.45, 7) is 10.3. The van der Waals surface area contributed by atoms with Crippen molar-refractivity contribution in [1.29, 1.82) is 0 Å². The van der Waals surface area contributed by atoms with Crippen LogP contribution in [0.5, 0.6) is 0 Å². The number of nitrogens with zero attached hydrogens (tertiary/aromatic N) is 3. The summed E-state index contributed by atoms with van der Waals surface area (Å²) in [5.74, 6) is 5.87. The number of hydrazone groups is 1. The van der Waals surface area contributed by atoms with Gasteiger partial charge in [0.25, 0.3) is 0 Å². The minimum Gasteiger partial charge on any atom is -0.381 e. The van der Waals surface area contributed by atoms with E-state index in [2.05, 4.69) is 31.5 Å². The fourth-order valence-corrected chi connectivity index (χ4v) is 5.04. The zero-order chi connectivity index (χ0) is 22.8. The third-order valence-corrected chi connectivity index (χ3v) is 6.77. The van der Waals surface area contributed by atoms with Crippen LogP contribution in [0.25, 0.3) is 0 Å². The fraction of sp³-hybridized carbons (Fsp3) is 0.542. The van der Waals surface area contributed by atoms with Crippen LogP contribution < -0.4 is 15.9 Å². The van der Waals surface area contributed by atoms with Gasteiger partial charge in [-0.15, -0.1) is 0 Å². The Balaban J connectivity index is 1.40. The highest BCUT2D eigenvalue weighted by molar-refractivity contribution is 7.99. The van der Waals surface area contributed by atoms with Gasteiger partial charge >= 0.3 is 0 Å². The average Bonchev–Trinajstić information content (AvgIpc) is 2.79. The van der Waals surface area contributed by atoms with Gasteiger partial charge in [-0.25, -0.2) is 4.39 Å². The summed E-state index contributed by atoms with van der Waals surface area (Å²) in [6.07, 6.45) is 12.1. The minimum atomic E-state index is -0.214. The monoisotopic (exact) mass is 460 g/mol. The maximum Gasteiger partial charge on any atom is 0.125 e. The van der Waals surface area contributed by atoms with Crippen LogP contribution in [-0.2, 0) is 0 Å². The molecule has 1 aromatic rings. The van der Waals surface area contributed by atoms with E-state index in [1.54, 1.807) is 18.4 Å². The number of piperidine rings is 2. The number of hydrogen-bond acceptors (Lipinski definition) is 7. The SMILES string of the molecule is C=C/C=C(\C=N/N)CN1CCC(CN2CCC(Nc3ccc(F)cc3NSC)CC2)CC1. The Morgan fingerprint density at radius 2 is 1.91 bits per heavy atom. The smallest absolute Gasteiger partial charge is 0.125 e. The molecule has 2 aliphatic rings. The number of allylic oxidation sites excluding steroid dienone is 2. The Kier molecular flexibility index (Phi) is 9.89. The van der Waals surface area contributed by atoms with Crippen molar-refractivity contribution in [3.8, 4) is 0 Å². The number of rotatable bonds is 10. The van der Waals surface area contributed by atoms with Crippen LogP contribution in [0, 0.1) is 11.7 Å². The fourth-order valence-electron chi connectivity index (χ4n) is 4.65. The molecule has 3 rings (SSSR count). The van der Waals surface area contributed by atoms with Crippen molar-refractivity contribution in [2.75, 3.05) is 55.6 Å². The van der Waals surface area contributed by atoms with E-state index in [0.29, 0.717) is 6.04 Å². The molecule has 2 fully saturated rings. The third-order valence-electron chi connectivity index (χ3n) is 6.34. The van der Waals surface area contributed by atoms with Crippen LogP contribution in [-0.4, -0.2) is 67.6 Å². The van der Waals surface area contributed by atoms with Crippen LogP contribution >= 0.6 is 11.9 Å². The minimum absolute atomic E-state index is 0.214. The lowest BCUT2D eigenvalue weighted by Gasteiger charge is -2.38. The van der Waals surface area contributed by atoms with Gasteiger partial charge in [0.05, 0.1) is 17.6 Å². The van der Waals surface area contributed by atoms with Gasteiger partial charge in [-0.3, -0.25) is 4.90 Å². The summed E-state index contributed by atoms with van der Waals surface area (Å²) in [4.78, 5) is 5.10. The van der Waals surface area contributed by atoms with Gasteiger partial charge < -0.3 is 20.8 Å². The first-order valence-electron chi connectivity index (χ1n) is 11.5. The van der Waals surface area contributed by atoms with Gasteiger partial charge in [0.2, 0.25) is 0 Å². The first-order valence-corrected chi connectivity index (χ1v) is 12.7. The standard InChI is InChI=1S/C24H37FN6S/c1-3-4-20(16-27-26)18-30-11-7-19(8-12-30)17-31-13-9-22(10-14-31)28-23-6-5-21(25)15-24(23)29-32-2/h3-6,15-16,19,22,28-29H,1,7-14,17-18,26H2,2H3/b20-4+,27-16-. The molecule has 0 unspecified atom stereocenters. The van der Waals surface area contributed by atoms with Crippen molar-refractivity contribution in [2.45, 2.75) is 31.7 Å². The summed E-state index contributed by atoms with van der Waals surface area (Å²) < 4.78 is 16.8. The molecule has 1 aromatic carbocycles. The number of likely N-dealkylation sites (tertiary alicyclic amines) is 2. The summed E-state index contributed by atoms with van der Waals surface area (Å²) in [5, 5.41) is 7.28. The largest absolute Gasteiger partial charge is 0.381 e. The molecule has 4 N–H and O–H groups in total. The molecule has 32 heavy (non-hydrogen) atoms. The Bertz CT molecular complexity index is 783. The number of nitrogens with two attached hydrogens (primary N) is 1. The zero-order valence-corrected chi connectivity index (χ0v) is 19.9. The van der Waals surface area contributed by atoms with Gasteiger partial charge in [0.1, 0.15) is 5.82 Å². The normalized spacial score (nSPS) is 20.0. The average molecular weight is 461 g/mol. The lowest BCUT2D eigenvalue weighted by Crippen LogP contribution is -2.44. The second kappa shape index (κ2) is 12.9. The van der Waals surface area contributed by atoms with E-state index in [9.17, 15) is 4.39 Å². The van der Waals surface area contributed by atoms with Crippen molar-refractivity contribution in [3.05, 3.63) is 48.3 Å². The zero-order valence-electron chi connectivity index (χ0n) is 19.1. The van der Waals surface area contributed by atoms with E-state index in [1.165, 1.54) is 37.4 Å². The van der Waals surface area contributed by atoms with E-state index in [0.717, 1.165) is 68.4 Å². The second-order valence-corrected chi connectivity index (χ2v) is 9.30. The molecule has 8 heteroatoms. The predicted molar refractivity (Wildman–Crippen MR) is 137 cm³/mol. The summed E-state index contributed by atoms with van der Waals surface area (Å²) in [7, 11) is 0. The van der Waals surface area contributed by atoms with E-state index in [4.69, 9.17) is 5.84 Å². The Morgan fingerprint density at radius 3 is 2.56 bits per heavy atom. The van der Waals surface area contributed by atoms with Crippen LogP contribution in [0.15, 0.2) is 47.6 Å². The highest BCUT2D eigenvalue weighted by Gasteiger charge is 2.25. The first kappa shape index (κ1) is 24.6. The van der Waals surface area contributed by atoms with Gasteiger partial charge in [-0.2, -0.15) is 5.10 Å². The molecule has 2 aliphatic heterocycles. The van der Waals surface area contributed by atoms with Crippen molar-refractivity contribution < 1.29 is 4.39 Å². The number of benzene rings is 1. The van der Waals surface area contributed by atoms with Crippen LogP contribution in [0.2, 0.25) is 0 Å². The van der Waals surface area contributed by atoms with Crippen LogP contribution in [0.4, 0.5) is 15.8 Å². The van der Waals surface area contributed by atoms with Crippen molar-refractivity contribution in [3.63, 3.8) is 0 Å². The maximum atomic E-state index is 13.6. The maximum absolute atomic E-state index is 13.6.